The number of amides is 1. The third kappa shape index (κ3) is 4.95. The highest BCUT2D eigenvalue weighted by molar-refractivity contribution is 5.99. The molecule has 7 heteroatoms. The van der Waals surface area contributed by atoms with E-state index in [2.05, 4.69) is 10.1 Å². The van der Waals surface area contributed by atoms with Gasteiger partial charge in [-0.1, -0.05) is 54.6 Å². The average Bonchev–Trinajstić information content (AvgIpc) is 2.75. The SMILES string of the molecule is COC(=O)c1cc(F)c(F)cc1NC(=O)OCc1ccc(-c2ccccc2)cc1. The molecule has 0 heterocycles. The van der Waals surface area contributed by atoms with Crippen LogP contribution in [0.2, 0.25) is 0 Å². The van der Waals surface area contributed by atoms with Gasteiger partial charge in [-0.3, -0.25) is 5.32 Å². The van der Waals surface area contributed by atoms with Crippen LogP contribution in [0.3, 0.4) is 0 Å². The maximum atomic E-state index is 13.5. The maximum Gasteiger partial charge on any atom is 0.411 e. The highest BCUT2D eigenvalue weighted by Gasteiger charge is 2.18. The molecule has 0 unspecified atom stereocenters. The summed E-state index contributed by atoms with van der Waals surface area (Å²) in [6.07, 6.45) is -0.923. The highest BCUT2D eigenvalue weighted by Crippen LogP contribution is 2.22. The Morgan fingerprint density at radius 2 is 1.52 bits per heavy atom. The lowest BCUT2D eigenvalue weighted by molar-refractivity contribution is 0.0601. The van der Waals surface area contributed by atoms with E-state index in [1.54, 1.807) is 0 Å². The minimum atomic E-state index is -1.23. The highest BCUT2D eigenvalue weighted by atomic mass is 19.2. The van der Waals surface area contributed by atoms with Crippen LogP contribution in [0, 0.1) is 11.6 Å². The van der Waals surface area contributed by atoms with Crippen LogP contribution >= 0.6 is 0 Å². The fourth-order valence-electron chi connectivity index (χ4n) is 2.65. The van der Waals surface area contributed by atoms with E-state index in [9.17, 15) is 18.4 Å². The number of hydrogen-bond acceptors (Lipinski definition) is 4. The number of anilines is 1. The third-order valence-corrected chi connectivity index (χ3v) is 4.13. The number of esters is 1. The Morgan fingerprint density at radius 1 is 0.897 bits per heavy atom. The van der Waals surface area contributed by atoms with E-state index < -0.39 is 23.7 Å². The van der Waals surface area contributed by atoms with Crippen LogP contribution < -0.4 is 5.32 Å². The molecule has 0 fully saturated rings. The molecule has 3 aromatic rings. The zero-order valence-corrected chi connectivity index (χ0v) is 15.4. The lowest BCUT2D eigenvalue weighted by atomic mass is 10.0. The standard InChI is InChI=1S/C22H17F2NO4/c1-28-21(26)17-11-18(23)19(24)12-20(17)25-22(27)29-13-14-7-9-16(10-8-14)15-5-3-2-4-6-15/h2-12H,13H2,1H3,(H,25,27). The first kappa shape index (κ1) is 20.0. The van der Waals surface area contributed by atoms with E-state index in [4.69, 9.17) is 4.74 Å². The smallest absolute Gasteiger partial charge is 0.411 e. The van der Waals surface area contributed by atoms with Crippen LogP contribution in [0.15, 0.2) is 66.7 Å². The lowest BCUT2D eigenvalue weighted by Gasteiger charge is -2.11. The molecule has 0 aliphatic heterocycles. The first-order chi connectivity index (χ1) is 14.0. The first-order valence-electron chi connectivity index (χ1n) is 8.63. The molecule has 0 aromatic heterocycles. The summed E-state index contributed by atoms with van der Waals surface area (Å²) in [5.74, 6) is -3.37. The van der Waals surface area contributed by atoms with Crippen LogP contribution in [0.5, 0.6) is 0 Å². The molecule has 0 saturated heterocycles. The quantitative estimate of drug-likeness (QED) is 0.604. The zero-order chi connectivity index (χ0) is 20.8. The number of carbonyl (C=O) groups excluding carboxylic acids is 2. The number of methoxy groups -OCH3 is 1. The average molecular weight is 397 g/mol. The summed E-state index contributed by atoms with van der Waals surface area (Å²) in [6.45, 7) is -0.0435. The van der Waals surface area contributed by atoms with Gasteiger partial charge in [0.05, 0.1) is 18.4 Å². The second-order valence-electron chi connectivity index (χ2n) is 6.07. The molecule has 0 aliphatic carbocycles. The van der Waals surface area contributed by atoms with Crippen LogP contribution in [0.1, 0.15) is 15.9 Å². The normalized spacial score (nSPS) is 10.3. The molecule has 0 spiro atoms. The van der Waals surface area contributed by atoms with Gasteiger partial charge in [0.1, 0.15) is 6.61 Å². The summed E-state index contributed by atoms with van der Waals surface area (Å²) < 4.78 is 36.5. The first-order valence-corrected chi connectivity index (χ1v) is 8.63. The largest absolute Gasteiger partial charge is 0.465 e. The Hall–Kier alpha value is -3.74. The number of ether oxygens (including phenoxy) is 2. The van der Waals surface area contributed by atoms with Crippen molar-refractivity contribution in [2.75, 3.05) is 12.4 Å². The summed E-state index contributed by atoms with van der Waals surface area (Å²) in [4.78, 5) is 23.7. The molecule has 29 heavy (non-hydrogen) atoms. The summed E-state index contributed by atoms with van der Waals surface area (Å²) in [6, 6.07) is 18.6. The molecule has 0 aliphatic rings. The van der Waals surface area contributed by atoms with Crippen LogP contribution in [-0.2, 0) is 16.1 Å². The Kier molecular flexibility index (Phi) is 6.19. The van der Waals surface area contributed by atoms with Crippen molar-refractivity contribution in [3.05, 3.63) is 89.5 Å². The van der Waals surface area contributed by atoms with Crippen molar-refractivity contribution in [3.8, 4) is 11.1 Å². The van der Waals surface area contributed by atoms with Crippen molar-refractivity contribution in [3.63, 3.8) is 0 Å². The van der Waals surface area contributed by atoms with Gasteiger partial charge in [-0.25, -0.2) is 18.4 Å². The molecular formula is C22H17F2NO4. The molecule has 3 rings (SSSR count). The summed E-state index contributed by atoms with van der Waals surface area (Å²) in [5.41, 5.74) is 2.24. The van der Waals surface area contributed by atoms with Gasteiger partial charge in [-0.2, -0.15) is 0 Å². The molecule has 148 valence electrons. The van der Waals surface area contributed by atoms with Crippen molar-refractivity contribution in [2.45, 2.75) is 6.61 Å². The van der Waals surface area contributed by atoms with Gasteiger partial charge < -0.3 is 9.47 Å². The predicted octanol–water partition coefficient (Wildman–Crippen LogP) is 5.17. The molecule has 0 saturated carbocycles. The van der Waals surface area contributed by atoms with Crippen molar-refractivity contribution in [2.24, 2.45) is 0 Å². The number of nitrogens with one attached hydrogen (secondary N) is 1. The maximum absolute atomic E-state index is 13.5. The Bertz CT molecular complexity index is 1020. The van der Waals surface area contributed by atoms with E-state index in [1.165, 1.54) is 0 Å². The monoisotopic (exact) mass is 397 g/mol. The van der Waals surface area contributed by atoms with E-state index in [1.807, 2.05) is 54.6 Å². The van der Waals surface area contributed by atoms with Crippen LogP contribution in [0.4, 0.5) is 19.3 Å². The third-order valence-electron chi connectivity index (χ3n) is 4.13. The number of halogens is 2. The number of hydrogen-bond donors (Lipinski definition) is 1. The fourth-order valence-corrected chi connectivity index (χ4v) is 2.65. The van der Waals surface area contributed by atoms with E-state index in [0.29, 0.717) is 12.1 Å². The van der Waals surface area contributed by atoms with Crippen molar-refractivity contribution < 1.29 is 27.8 Å². The topological polar surface area (TPSA) is 64.6 Å². The van der Waals surface area contributed by atoms with Gasteiger partial charge in [-0.15, -0.1) is 0 Å². The van der Waals surface area contributed by atoms with E-state index in [-0.39, 0.29) is 17.9 Å². The fraction of sp³-hybridized carbons (Fsp3) is 0.0909. The number of rotatable bonds is 5. The van der Waals surface area contributed by atoms with Crippen molar-refractivity contribution in [1.29, 1.82) is 0 Å². The van der Waals surface area contributed by atoms with Crippen LogP contribution in [-0.4, -0.2) is 19.2 Å². The Balaban J connectivity index is 1.65. The Labute approximate surface area is 165 Å². The second kappa shape index (κ2) is 8.97. The van der Waals surface area contributed by atoms with Gasteiger partial charge in [0.25, 0.3) is 0 Å². The predicted molar refractivity (Wildman–Crippen MR) is 103 cm³/mol. The van der Waals surface area contributed by atoms with Crippen LogP contribution in [0.25, 0.3) is 11.1 Å². The molecule has 0 atom stereocenters. The van der Waals surface area contributed by atoms with Gasteiger partial charge in [-0.05, 0) is 22.8 Å². The molecule has 1 amide bonds. The number of benzene rings is 3. The molecule has 1 N–H and O–H groups in total. The minimum absolute atomic E-state index is 0.0435. The van der Waals surface area contributed by atoms with Gasteiger partial charge >= 0.3 is 12.1 Å². The van der Waals surface area contributed by atoms with Crippen molar-refractivity contribution in [1.82, 2.24) is 0 Å². The van der Waals surface area contributed by atoms with Gasteiger partial charge in [0.2, 0.25) is 0 Å². The van der Waals surface area contributed by atoms with Crippen molar-refractivity contribution >= 4 is 17.7 Å². The van der Waals surface area contributed by atoms with E-state index in [0.717, 1.165) is 23.8 Å². The summed E-state index contributed by atoms with van der Waals surface area (Å²) in [5, 5.41) is 2.23. The Morgan fingerprint density at radius 3 is 2.17 bits per heavy atom. The summed E-state index contributed by atoms with van der Waals surface area (Å²) in [7, 11) is 1.09. The van der Waals surface area contributed by atoms with Gasteiger partial charge in [0.15, 0.2) is 11.6 Å². The summed E-state index contributed by atoms with van der Waals surface area (Å²) >= 11 is 0. The zero-order valence-electron chi connectivity index (χ0n) is 15.4. The second-order valence-corrected chi connectivity index (χ2v) is 6.07. The van der Waals surface area contributed by atoms with E-state index >= 15 is 0 Å². The molecule has 3 aromatic carbocycles. The molecule has 0 radical (unpaired) electrons. The molecular weight excluding hydrogens is 380 g/mol. The minimum Gasteiger partial charge on any atom is -0.465 e. The van der Waals surface area contributed by atoms with Gasteiger partial charge in [0, 0.05) is 6.07 Å². The molecule has 0 bridgehead atoms. The molecule has 5 nitrogen and oxygen atoms in total. The number of carbonyl (C=O) groups is 2. The lowest BCUT2D eigenvalue weighted by Crippen LogP contribution is -2.17.